The molecule has 1 heterocycles. The van der Waals surface area contributed by atoms with Crippen LogP contribution in [0.25, 0.3) is 5.76 Å². The highest BCUT2D eigenvalue weighted by atomic mass is 16.6. The average Bonchev–Trinajstić information content (AvgIpc) is 3.16. The summed E-state index contributed by atoms with van der Waals surface area (Å²) in [5, 5.41) is 22.4. The molecule has 1 saturated heterocycles. The minimum absolute atomic E-state index is 0.0591. The van der Waals surface area contributed by atoms with E-state index in [9.17, 15) is 24.8 Å². The lowest BCUT2D eigenvalue weighted by Crippen LogP contribution is -2.35. The molecule has 0 aromatic heterocycles. The number of aliphatic hydroxyl groups excluding tert-OH is 1. The van der Waals surface area contributed by atoms with Crippen LogP contribution < -0.4 is 4.74 Å². The van der Waals surface area contributed by atoms with Gasteiger partial charge < -0.3 is 19.6 Å². The van der Waals surface area contributed by atoms with Gasteiger partial charge in [0.25, 0.3) is 17.4 Å². The first kappa shape index (κ1) is 26.6. The van der Waals surface area contributed by atoms with E-state index in [2.05, 4.69) is 0 Å². The Kier molecular flexibility index (Phi) is 7.87. The Morgan fingerprint density at radius 3 is 2.29 bits per heavy atom. The fraction of sp³-hybridized carbons (Fsp3) is 0.241. The molecule has 196 valence electrons. The lowest BCUT2D eigenvalue weighted by atomic mass is 9.95. The molecule has 1 aliphatic rings. The van der Waals surface area contributed by atoms with Gasteiger partial charge in [-0.25, -0.2) is 0 Å². The van der Waals surface area contributed by atoms with E-state index in [1.165, 1.54) is 29.2 Å². The molecule has 4 rings (SSSR count). The lowest BCUT2D eigenvalue weighted by molar-refractivity contribution is -0.384. The predicted molar refractivity (Wildman–Crippen MR) is 143 cm³/mol. The first-order valence-corrected chi connectivity index (χ1v) is 12.1. The maximum atomic E-state index is 13.1. The van der Waals surface area contributed by atoms with Gasteiger partial charge in [0.2, 0.25) is 0 Å². The van der Waals surface area contributed by atoms with Crippen molar-refractivity contribution in [1.82, 2.24) is 9.80 Å². The molecular formula is C29H29N3O6. The molecule has 0 bridgehead atoms. The Morgan fingerprint density at radius 2 is 1.68 bits per heavy atom. The molecule has 1 fully saturated rings. The number of hydrogen-bond donors (Lipinski definition) is 1. The number of ketones is 1. The van der Waals surface area contributed by atoms with Crippen LogP contribution in [0.15, 0.2) is 78.4 Å². The Labute approximate surface area is 220 Å². The van der Waals surface area contributed by atoms with Gasteiger partial charge in [-0.05, 0) is 74.1 Å². The summed E-state index contributed by atoms with van der Waals surface area (Å²) in [5.41, 5.74) is 2.85. The number of carbonyl (C=O) groups is 2. The summed E-state index contributed by atoms with van der Waals surface area (Å²) in [7, 11) is 3.69. The van der Waals surface area contributed by atoms with Crippen molar-refractivity contribution in [2.24, 2.45) is 0 Å². The number of carbonyl (C=O) groups excluding carboxylic acids is 2. The van der Waals surface area contributed by atoms with Crippen LogP contribution in [0.3, 0.4) is 0 Å². The number of Topliss-reactive ketones (excluding diaryl/α,β-unsaturated/α-hetero) is 1. The molecule has 0 radical (unpaired) electrons. The van der Waals surface area contributed by atoms with Crippen molar-refractivity contribution in [2.75, 3.05) is 27.2 Å². The Morgan fingerprint density at radius 1 is 1.03 bits per heavy atom. The zero-order valence-corrected chi connectivity index (χ0v) is 21.5. The van der Waals surface area contributed by atoms with Crippen molar-refractivity contribution < 1.29 is 24.4 Å². The van der Waals surface area contributed by atoms with Gasteiger partial charge >= 0.3 is 0 Å². The SMILES string of the molecule is Cc1ccccc1COc1ccc(/C(O)=C2\C(=O)C(=O)N(CCN(C)C)C2c2ccc([N+](=O)[O-])cc2)cc1. The number of nitro groups is 1. The molecule has 1 aliphatic heterocycles. The Hall–Kier alpha value is -4.50. The monoisotopic (exact) mass is 515 g/mol. The summed E-state index contributed by atoms with van der Waals surface area (Å²) in [4.78, 5) is 40.0. The number of nitrogens with zero attached hydrogens (tertiary/aromatic N) is 3. The second-order valence-corrected chi connectivity index (χ2v) is 9.38. The molecule has 3 aromatic carbocycles. The third-order valence-corrected chi connectivity index (χ3v) is 6.53. The summed E-state index contributed by atoms with van der Waals surface area (Å²) in [6.45, 7) is 3.12. The fourth-order valence-corrected chi connectivity index (χ4v) is 4.34. The van der Waals surface area contributed by atoms with E-state index in [0.29, 0.717) is 30.0 Å². The van der Waals surface area contributed by atoms with Crippen LogP contribution in [0.2, 0.25) is 0 Å². The second kappa shape index (κ2) is 11.3. The van der Waals surface area contributed by atoms with E-state index in [1.54, 1.807) is 24.3 Å². The number of aryl methyl sites for hydroxylation is 1. The van der Waals surface area contributed by atoms with Gasteiger partial charge in [-0.2, -0.15) is 0 Å². The maximum Gasteiger partial charge on any atom is 0.295 e. The minimum Gasteiger partial charge on any atom is -0.507 e. The van der Waals surface area contributed by atoms with Gasteiger partial charge in [-0.1, -0.05) is 24.3 Å². The zero-order chi connectivity index (χ0) is 27.4. The van der Waals surface area contributed by atoms with Crippen molar-refractivity contribution in [3.63, 3.8) is 0 Å². The van der Waals surface area contributed by atoms with Crippen LogP contribution in [-0.4, -0.2) is 58.7 Å². The highest BCUT2D eigenvalue weighted by Gasteiger charge is 2.46. The van der Waals surface area contributed by atoms with Crippen LogP contribution in [0.5, 0.6) is 5.75 Å². The van der Waals surface area contributed by atoms with Crippen LogP contribution in [-0.2, 0) is 16.2 Å². The van der Waals surface area contributed by atoms with Crippen molar-refractivity contribution >= 4 is 23.1 Å². The Balaban J connectivity index is 1.66. The van der Waals surface area contributed by atoms with E-state index >= 15 is 0 Å². The number of non-ortho nitro benzene ring substituents is 1. The third-order valence-electron chi connectivity index (χ3n) is 6.53. The molecule has 9 heteroatoms. The topological polar surface area (TPSA) is 113 Å². The number of likely N-dealkylation sites (N-methyl/N-ethyl adjacent to an activating group) is 1. The van der Waals surface area contributed by atoms with Crippen molar-refractivity contribution in [3.05, 3.63) is 111 Å². The smallest absolute Gasteiger partial charge is 0.295 e. The van der Waals surface area contributed by atoms with Gasteiger partial charge in [0.1, 0.15) is 18.1 Å². The number of nitro benzene ring substituents is 1. The third kappa shape index (κ3) is 5.57. The van der Waals surface area contributed by atoms with Crippen LogP contribution in [0, 0.1) is 17.0 Å². The highest BCUT2D eigenvalue weighted by Crippen LogP contribution is 2.39. The average molecular weight is 516 g/mol. The summed E-state index contributed by atoms with van der Waals surface area (Å²) in [6.07, 6.45) is 0. The molecule has 0 saturated carbocycles. The molecule has 0 aliphatic carbocycles. The zero-order valence-electron chi connectivity index (χ0n) is 21.5. The number of aliphatic hydroxyl groups is 1. The highest BCUT2D eigenvalue weighted by molar-refractivity contribution is 6.46. The van der Waals surface area contributed by atoms with Crippen LogP contribution in [0.4, 0.5) is 5.69 Å². The number of benzene rings is 3. The summed E-state index contributed by atoms with van der Waals surface area (Å²) in [5.74, 6) is -1.26. The van der Waals surface area contributed by atoms with E-state index in [-0.39, 0.29) is 23.6 Å². The van der Waals surface area contributed by atoms with E-state index in [4.69, 9.17) is 4.74 Å². The maximum absolute atomic E-state index is 13.1. The Bertz CT molecular complexity index is 1380. The summed E-state index contributed by atoms with van der Waals surface area (Å²) < 4.78 is 5.88. The summed E-state index contributed by atoms with van der Waals surface area (Å²) in [6, 6.07) is 19.3. The van der Waals surface area contributed by atoms with E-state index < -0.39 is 22.7 Å². The second-order valence-electron chi connectivity index (χ2n) is 9.38. The molecule has 1 N–H and O–H groups in total. The van der Waals surface area contributed by atoms with Crippen LogP contribution in [0.1, 0.15) is 28.3 Å². The number of likely N-dealkylation sites (tertiary alicyclic amines) is 1. The van der Waals surface area contributed by atoms with Crippen LogP contribution >= 0.6 is 0 Å². The fourth-order valence-electron chi connectivity index (χ4n) is 4.34. The molecule has 1 atom stereocenters. The van der Waals surface area contributed by atoms with Gasteiger partial charge in [0, 0.05) is 30.8 Å². The molecule has 38 heavy (non-hydrogen) atoms. The standard InChI is InChI=1S/C29H29N3O6/c1-19-6-4-5-7-22(19)18-38-24-14-10-21(11-15-24)27(33)25-26(20-8-12-23(13-9-20)32(36)37)31(17-16-30(2)3)29(35)28(25)34/h4-15,26,33H,16-18H2,1-3H3/b27-25+. The van der Waals surface area contributed by atoms with E-state index in [0.717, 1.165) is 11.1 Å². The largest absolute Gasteiger partial charge is 0.507 e. The molecule has 3 aromatic rings. The molecular weight excluding hydrogens is 486 g/mol. The van der Waals surface area contributed by atoms with Crippen molar-refractivity contribution in [1.29, 1.82) is 0 Å². The van der Waals surface area contributed by atoms with Gasteiger partial charge in [0.05, 0.1) is 16.5 Å². The minimum atomic E-state index is -0.882. The normalized spacial score (nSPS) is 16.7. The van der Waals surface area contributed by atoms with Gasteiger partial charge in [-0.15, -0.1) is 0 Å². The van der Waals surface area contributed by atoms with Crippen molar-refractivity contribution in [2.45, 2.75) is 19.6 Å². The quantitative estimate of drug-likeness (QED) is 0.147. The van der Waals surface area contributed by atoms with Gasteiger partial charge in [-0.3, -0.25) is 19.7 Å². The number of amides is 1. The van der Waals surface area contributed by atoms with E-state index in [1.807, 2.05) is 50.2 Å². The number of rotatable bonds is 9. The first-order chi connectivity index (χ1) is 18.2. The lowest BCUT2D eigenvalue weighted by Gasteiger charge is -2.26. The predicted octanol–water partition coefficient (Wildman–Crippen LogP) is 4.47. The number of ether oxygens (including phenoxy) is 1. The first-order valence-electron chi connectivity index (χ1n) is 12.1. The summed E-state index contributed by atoms with van der Waals surface area (Å²) >= 11 is 0. The molecule has 0 spiro atoms. The number of hydrogen-bond acceptors (Lipinski definition) is 7. The molecule has 1 unspecified atom stereocenters. The molecule has 1 amide bonds. The van der Waals surface area contributed by atoms with Gasteiger partial charge in [0.15, 0.2) is 0 Å². The van der Waals surface area contributed by atoms with Crippen molar-refractivity contribution in [3.8, 4) is 5.75 Å². The molecule has 9 nitrogen and oxygen atoms in total.